The third kappa shape index (κ3) is 2.33. The fourth-order valence-electron chi connectivity index (χ4n) is 0.601. The maximum atomic E-state index is 10.7. The number of rotatable bonds is 3. The maximum absolute atomic E-state index is 10.7. The van der Waals surface area contributed by atoms with Gasteiger partial charge in [-0.1, -0.05) is 13.8 Å². The van der Waals surface area contributed by atoms with E-state index in [2.05, 4.69) is 4.74 Å². The zero-order valence-electron chi connectivity index (χ0n) is 6.42. The van der Waals surface area contributed by atoms with Gasteiger partial charge in [-0.15, -0.1) is 0 Å². The molecule has 0 aromatic carbocycles. The quantitative estimate of drug-likeness (QED) is 0.441. The smallest absolute Gasteiger partial charge is 0.325 e. The van der Waals surface area contributed by atoms with Gasteiger partial charge in [0.15, 0.2) is 0 Å². The van der Waals surface area contributed by atoms with Gasteiger partial charge in [-0.3, -0.25) is 4.79 Å². The van der Waals surface area contributed by atoms with Gasteiger partial charge in [-0.25, -0.2) is 0 Å². The normalized spacial score (nSPS) is 13.3. The molecule has 0 aromatic heterocycles. The topological polar surface area (TPSA) is 58.6 Å². The van der Waals surface area contributed by atoms with Crippen LogP contribution in [0.3, 0.4) is 0 Å². The van der Waals surface area contributed by atoms with Crippen molar-refractivity contribution >= 4 is 5.97 Å². The maximum Gasteiger partial charge on any atom is 0.325 e. The molecule has 0 rings (SSSR count). The molecule has 0 fully saturated rings. The molecule has 0 aliphatic heterocycles. The molecular weight excluding hydrogens is 134 g/mol. The van der Waals surface area contributed by atoms with Gasteiger partial charge in [-0.05, 0) is 5.92 Å². The monoisotopic (exact) mass is 147 g/mol. The first kappa shape index (κ1) is 9.39. The number of carbonyl (C=O) groups excluding carboxylic acids is 1. The standard InChI is InChI=1S/C6H13NO3/c1-4(2)5(7-9)6(8)10-3/h4-5,7,9H,1-3H3/t5-/m0/s1. The number of hydrogen-bond donors (Lipinski definition) is 2. The van der Waals surface area contributed by atoms with Crippen LogP contribution in [-0.2, 0) is 9.53 Å². The van der Waals surface area contributed by atoms with E-state index < -0.39 is 12.0 Å². The molecule has 4 nitrogen and oxygen atoms in total. The molecule has 1 atom stereocenters. The Kier molecular flexibility index (Phi) is 3.99. The summed E-state index contributed by atoms with van der Waals surface area (Å²) in [5.41, 5.74) is 1.88. The van der Waals surface area contributed by atoms with E-state index in [1.165, 1.54) is 7.11 Å². The predicted molar refractivity (Wildman–Crippen MR) is 35.6 cm³/mol. The van der Waals surface area contributed by atoms with Crippen molar-refractivity contribution < 1.29 is 14.7 Å². The molecule has 0 heterocycles. The second-order valence-electron chi connectivity index (χ2n) is 2.37. The minimum atomic E-state index is -0.620. The zero-order chi connectivity index (χ0) is 8.15. The van der Waals surface area contributed by atoms with E-state index in [1.54, 1.807) is 0 Å². The van der Waals surface area contributed by atoms with Gasteiger partial charge in [0, 0.05) is 0 Å². The Morgan fingerprint density at radius 1 is 1.60 bits per heavy atom. The van der Waals surface area contributed by atoms with Crippen molar-refractivity contribution in [1.29, 1.82) is 0 Å². The number of esters is 1. The lowest BCUT2D eigenvalue weighted by Gasteiger charge is -2.15. The first-order valence-corrected chi connectivity index (χ1v) is 3.11. The molecular formula is C6H13NO3. The Hall–Kier alpha value is -0.610. The van der Waals surface area contributed by atoms with Crippen LogP contribution in [0, 0.1) is 5.92 Å². The molecule has 0 spiro atoms. The van der Waals surface area contributed by atoms with Crippen molar-refractivity contribution in [3.05, 3.63) is 0 Å². The fraction of sp³-hybridized carbons (Fsp3) is 0.833. The average Bonchev–Trinajstić information content (AvgIpc) is 1.88. The van der Waals surface area contributed by atoms with E-state index >= 15 is 0 Å². The van der Waals surface area contributed by atoms with Crippen LogP contribution >= 0.6 is 0 Å². The minimum Gasteiger partial charge on any atom is -0.468 e. The van der Waals surface area contributed by atoms with E-state index in [1.807, 2.05) is 19.3 Å². The number of hydrogen-bond acceptors (Lipinski definition) is 4. The summed E-state index contributed by atoms with van der Waals surface area (Å²) in [7, 11) is 1.29. The number of methoxy groups -OCH3 is 1. The fourth-order valence-corrected chi connectivity index (χ4v) is 0.601. The van der Waals surface area contributed by atoms with E-state index in [0.717, 1.165) is 0 Å². The number of ether oxygens (including phenoxy) is 1. The largest absolute Gasteiger partial charge is 0.468 e. The number of carbonyl (C=O) groups is 1. The molecule has 0 aromatic rings. The van der Waals surface area contributed by atoms with Crippen LogP contribution < -0.4 is 5.48 Å². The summed E-state index contributed by atoms with van der Waals surface area (Å²) in [5.74, 6) is -0.421. The van der Waals surface area contributed by atoms with Gasteiger partial charge in [0.05, 0.1) is 7.11 Å². The second-order valence-corrected chi connectivity index (χ2v) is 2.37. The van der Waals surface area contributed by atoms with E-state index in [-0.39, 0.29) is 5.92 Å². The van der Waals surface area contributed by atoms with Crippen molar-refractivity contribution in [2.24, 2.45) is 5.92 Å². The van der Waals surface area contributed by atoms with E-state index in [4.69, 9.17) is 5.21 Å². The van der Waals surface area contributed by atoms with Crippen molar-refractivity contribution in [3.8, 4) is 0 Å². The lowest BCUT2D eigenvalue weighted by Crippen LogP contribution is -2.39. The summed E-state index contributed by atoms with van der Waals surface area (Å²) in [4.78, 5) is 10.7. The van der Waals surface area contributed by atoms with Crippen molar-refractivity contribution in [3.63, 3.8) is 0 Å². The van der Waals surface area contributed by atoms with Crippen LogP contribution in [-0.4, -0.2) is 24.3 Å². The van der Waals surface area contributed by atoms with Crippen LogP contribution in [0.5, 0.6) is 0 Å². The van der Waals surface area contributed by atoms with E-state index in [0.29, 0.717) is 0 Å². The third-order valence-electron chi connectivity index (χ3n) is 1.26. The second kappa shape index (κ2) is 4.24. The van der Waals surface area contributed by atoms with Crippen LogP contribution in [0.2, 0.25) is 0 Å². The molecule has 4 heteroatoms. The Morgan fingerprint density at radius 2 is 2.10 bits per heavy atom. The number of nitrogens with one attached hydrogen (secondary N) is 1. The number of hydroxylamine groups is 1. The van der Waals surface area contributed by atoms with Gasteiger partial charge in [0.25, 0.3) is 0 Å². The average molecular weight is 147 g/mol. The first-order valence-electron chi connectivity index (χ1n) is 3.11. The van der Waals surface area contributed by atoms with Crippen LogP contribution in [0.4, 0.5) is 0 Å². The Labute approximate surface area is 60.1 Å². The highest BCUT2D eigenvalue weighted by molar-refractivity contribution is 5.75. The molecule has 2 N–H and O–H groups in total. The van der Waals surface area contributed by atoms with Crippen LogP contribution in [0.15, 0.2) is 0 Å². The Morgan fingerprint density at radius 3 is 2.20 bits per heavy atom. The molecule has 0 bridgehead atoms. The van der Waals surface area contributed by atoms with Crippen LogP contribution in [0.25, 0.3) is 0 Å². The highest BCUT2D eigenvalue weighted by atomic mass is 16.5. The molecule has 60 valence electrons. The summed E-state index contributed by atoms with van der Waals surface area (Å²) in [6.45, 7) is 3.62. The highest BCUT2D eigenvalue weighted by Crippen LogP contribution is 2.01. The Bertz CT molecular complexity index is 114. The summed E-state index contributed by atoms with van der Waals surface area (Å²) >= 11 is 0. The van der Waals surface area contributed by atoms with Crippen molar-refractivity contribution in [1.82, 2.24) is 5.48 Å². The van der Waals surface area contributed by atoms with Gasteiger partial charge in [-0.2, -0.15) is 5.48 Å². The molecule has 0 saturated heterocycles. The molecule has 0 unspecified atom stereocenters. The summed E-state index contributed by atoms with van der Waals surface area (Å²) in [5, 5.41) is 8.45. The molecule has 0 aliphatic carbocycles. The Balaban J connectivity index is 3.93. The molecule has 0 amide bonds. The third-order valence-corrected chi connectivity index (χ3v) is 1.26. The molecule has 0 saturated carbocycles. The summed E-state index contributed by atoms with van der Waals surface area (Å²) in [6, 6.07) is -0.620. The first-order chi connectivity index (χ1) is 4.63. The highest BCUT2D eigenvalue weighted by Gasteiger charge is 2.21. The minimum absolute atomic E-state index is 0.0254. The van der Waals surface area contributed by atoms with Gasteiger partial charge in [0.2, 0.25) is 0 Å². The predicted octanol–water partition coefficient (Wildman–Crippen LogP) is 0.163. The van der Waals surface area contributed by atoms with Crippen molar-refractivity contribution in [2.45, 2.75) is 19.9 Å². The van der Waals surface area contributed by atoms with Gasteiger partial charge < -0.3 is 9.94 Å². The van der Waals surface area contributed by atoms with E-state index in [9.17, 15) is 4.79 Å². The van der Waals surface area contributed by atoms with Gasteiger partial charge >= 0.3 is 5.97 Å². The lowest BCUT2D eigenvalue weighted by atomic mass is 10.1. The summed E-state index contributed by atoms with van der Waals surface area (Å²) < 4.78 is 4.40. The molecule has 10 heavy (non-hydrogen) atoms. The molecule has 0 radical (unpaired) electrons. The lowest BCUT2D eigenvalue weighted by molar-refractivity contribution is -0.147. The van der Waals surface area contributed by atoms with Gasteiger partial charge in [0.1, 0.15) is 6.04 Å². The molecule has 0 aliphatic rings. The van der Waals surface area contributed by atoms with Crippen LogP contribution in [0.1, 0.15) is 13.8 Å². The zero-order valence-corrected chi connectivity index (χ0v) is 6.42. The van der Waals surface area contributed by atoms with Crippen molar-refractivity contribution in [2.75, 3.05) is 7.11 Å². The summed E-state index contributed by atoms with van der Waals surface area (Å²) in [6.07, 6.45) is 0. The SMILES string of the molecule is COC(=O)[C@@H](NO)C(C)C.